The number of hydrogen-bond acceptors (Lipinski definition) is 4. The van der Waals surface area contributed by atoms with Crippen molar-refractivity contribution in [1.82, 2.24) is 9.97 Å². The molecule has 19 heavy (non-hydrogen) atoms. The first-order chi connectivity index (χ1) is 9.05. The quantitative estimate of drug-likeness (QED) is 0.771. The molecule has 0 bridgehead atoms. The lowest BCUT2D eigenvalue weighted by Crippen LogP contribution is -2.29. The summed E-state index contributed by atoms with van der Waals surface area (Å²) in [5.74, 6) is 2.35. The second-order valence-electron chi connectivity index (χ2n) is 5.14. The van der Waals surface area contributed by atoms with E-state index in [1.807, 2.05) is 14.0 Å². The van der Waals surface area contributed by atoms with E-state index in [4.69, 9.17) is 9.72 Å². The fourth-order valence-electron chi connectivity index (χ4n) is 2.14. The molecule has 1 aromatic rings. The van der Waals surface area contributed by atoms with Crippen molar-refractivity contribution in [3.05, 3.63) is 15.1 Å². The molecular formula is C14H22IN3O. The smallest absolute Gasteiger partial charge is 0.162 e. The van der Waals surface area contributed by atoms with Crippen LogP contribution in [0.1, 0.15) is 57.5 Å². The number of halogens is 1. The molecule has 0 saturated heterocycles. The summed E-state index contributed by atoms with van der Waals surface area (Å²) < 4.78 is 7.06. The van der Waals surface area contributed by atoms with Gasteiger partial charge in [0, 0.05) is 19.6 Å². The highest BCUT2D eigenvalue weighted by atomic mass is 127. The van der Waals surface area contributed by atoms with E-state index in [2.05, 4.69) is 46.7 Å². The van der Waals surface area contributed by atoms with Crippen LogP contribution in [0.4, 0.5) is 5.82 Å². The fraction of sp³-hybridized carbons (Fsp3) is 0.714. The van der Waals surface area contributed by atoms with Gasteiger partial charge in [0.05, 0.1) is 9.26 Å². The normalized spacial score (nSPS) is 18.2. The van der Waals surface area contributed by atoms with Crippen LogP contribution in [0.5, 0.6) is 0 Å². The second-order valence-corrected chi connectivity index (χ2v) is 6.22. The fourth-order valence-corrected chi connectivity index (χ4v) is 3.09. The molecule has 1 heterocycles. The maximum absolute atomic E-state index is 5.90. The lowest BCUT2D eigenvalue weighted by atomic mass is 10.0. The van der Waals surface area contributed by atoms with Gasteiger partial charge in [0.15, 0.2) is 5.82 Å². The van der Waals surface area contributed by atoms with Gasteiger partial charge < -0.3 is 10.1 Å². The van der Waals surface area contributed by atoms with E-state index in [9.17, 15) is 0 Å². The average Bonchev–Trinajstić information content (AvgIpc) is 3.23. The van der Waals surface area contributed by atoms with Gasteiger partial charge in [0.2, 0.25) is 0 Å². The van der Waals surface area contributed by atoms with Crippen molar-refractivity contribution in [3.8, 4) is 0 Å². The molecule has 1 N–H and O–H groups in total. The third-order valence-electron chi connectivity index (χ3n) is 3.69. The molecule has 0 radical (unpaired) electrons. The van der Waals surface area contributed by atoms with Gasteiger partial charge in [-0.2, -0.15) is 0 Å². The molecule has 0 amide bonds. The molecule has 1 unspecified atom stereocenters. The summed E-state index contributed by atoms with van der Waals surface area (Å²) in [4.78, 5) is 9.49. The number of anilines is 1. The summed E-state index contributed by atoms with van der Waals surface area (Å²) in [6.07, 6.45) is 3.36. The minimum Gasteiger partial charge on any atom is -0.372 e. The number of aromatic nitrogens is 2. The third-order valence-corrected chi connectivity index (χ3v) is 4.75. The van der Waals surface area contributed by atoms with Gasteiger partial charge in [-0.25, -0.2) is 9.97 Å². The highest BCUT2D eigenvalue weighted by Crippen LogP contribution is 2.43. The van der Waals surface area contributed by atoms with Crippen molar-refractivity contribution in [2.24, 2.45) is 0 Å². The Balaban J connectivity index is 2.47. The summed E-state index contributed by atoms with van der Waals surface area (Å²) in [7, 11) is 1.91. The molecule has 4 nitrogen and oxygen atoms in total. The Morgan fingerprint density at radius 1 is 1.37 bits per heavy atom. The Morgan fingerprint density at radius 3 is 2.53 bits per heavy atom. The van der Waals surface area contributed by atoms with Crippen molar-refractivity contribution in [2.45, 2.75) is 51.6 Å². The lowest BCUT2D eigenvalue weighted by molar-refractivity contribution is -0.0391. The summed E-state index contributed by atoms with van der Waals surface area (Å²) >= 11 is 2.35. The molecule has 1 aliphatic carbocycles. The number of rotatable bonds is 6. The Hall–Kier alpha value is -0.430. The molecule has 1 aromatic heterocycles. The van der Waals surface area contributed by atoms with Gasteiger partial charge >= 0.3 is 0 Å². The first-order valence-corrected chi connectivity index (χ1v) is 8.03. The zero-order chi connectivity index (χ0) is 14.0. The summed E-state index contributed by atoms with van der Waals surface area (Å²) in [6.45, 7) is 6.89. The van der Waals surface area contributed by atoms with Gasteiger partial charge in [-0.3, -0.25) is 0 Å². The van der Waals surface area contributed by atoms with Crippen LogP contribution < -0.4 is 5.32 Å². The van der Waals surface area contributed by atoms with Crippen molar-refractivity contribution >= 4 is 28.4 Å². The zero-order valence-corrected chi connectivity index (χ0v) is 14.2. The Bertz CT molecular complexity index is 462. The van der Waals surface area contributed by atoms with Crippen LogP contribution in [0.2, 0.25) is 0 Å². The average molecular weight is 375 g/mol. The van der Waals surface area contributed by atoms with Crippen LogP contribution in [-0.4, -0.2) is 23.6 Å². The molecule has 5 heteroatoms. The molecular weight excluding hydrogens is 353 g/mol. The summed E-state index contributed by atoms with van der Waals surface area (Å²) in [5.41, 5.74) is 0.795. The van der Waals surface area contributed by atoms with E-state index in [0.29, 0.717) is 12.5 Å². The van der Waals surface area contributed by atoms with E-state index in [-0.39, 0.29) is 0 Å². The SMILES string of the molecule is CCOC(C)(CC)c1nc(NC)c(I)c(C2CC2)n1. The van der Waals surface area contributed by atoms with E-state index < -0.39 is 5.60 Å². The highest BCUT2D eigenvalue weighted by molar-refractivity contribution is 14.1. The maximum atomic E-state index is 5.90. The van der Waals surface area contributed by atoms with Gasteiger partial charge in [-0.15, -0.1) is 0 Å². The molecule has 1 fully saturated rings. The molecule has 2 rings (SSSR count). The predicted molar refractivity (Wildman–Crippen MR) is 85.5 cm³/mol. The number of nitrogens with one attached hydrogen (secondary N) is 1. The molecule has 0 aromatic carbocycles. The van der Waals surface area contributed by atoms with Crippen LogP contribution >= 0.6 is 22.6 Å². The van der Waals surface area contributed by atoms with Gasteiger partial charge in [0.25, 0.3) is 0 Å². The first kappa shape index (κ1) is 15.0. The van der Waals surface area contributed by atoms with Gasteiger partial charge in [-0.1, -0.05) is 6.92 Å². The lowest BCUT2D eigenvalue weighted by Gasteiger charge is -2.27. The zero-order valence-electron chi connectivity index (χ0n) is 12.1. The van der Waals surface area contributed by atoms with Gasteiger partial charge in [-0.05, 0) is 55.7 Å². The number of hydrogen-bond donors (Lipinski definition) is 1. The van der Waals surface area contributed by atoms with Crippen molar-refractivity contribution in [3.63, 3.8) is 0 Å². The van der Waals surface area contributed by atoms with Crippen LogP contribution in [0.15, 0.2) is 0 Å². The van der Waals surface area contributed by atoms with Gasteiger partial charge in [0.1, 0.15) is 11.4 Å². The van der Waals surface area contributed by atoms with Crippen LogP contribution in [0.3, 0.4) is 0 Å². The standard InChI is InChI=1S/C14H22IN3O/c1-5-14(3,19-6-2)13-17-11(9-7-8-9)10(15)12(16-4)18-13/h9H,5-8H2,1-4H3,(H,16,17,18). The monoisotopic (exact) mass is 375 g/mol. The topological polar surface area (TPSA) is 47.0 Å². The van der Waals surface area contributed by atoms with Crippen molar-refractivity contribution in [1.29, 1.82) is 0 Å². The van der Waals surface area contributed by atoms with Crippen LogP contribution in [-0.2, 0) is 10.3 Å². The number of nitrogens with zero attached hydrogens (tertiary/aromatic N) is 2. The molecule has 0 aliphatic heterocycles. The van der Waals surface area contributed by atoms with E-state index >= 15 is 0 Å². The van der Waals surface area contributed by atoms with E-state index in [1.165, 1.54) is 18.5 Å². The molecule has 1 aliphatic rings. The van der Waals surface area contributed by atoms with E-state index in [0.717, 1.165) is 21.6 Å². The molecule has 106 valence electrons. The first-order valence-electron chi connectivity index (χ1n) is 6.95. The van der Waals surface area contributed by atoms with Crippen LogP contribution in [0.25, 0.3) is 0 Å². The van der Waals surface area contributed by atoms with Crippen LogP contribution in [0, 0.1) is 3.57 Å². The Morgan fingerprint density at radius 2 is 2.05 bits per heavy atom. The number of ether oxygens (including phenoxy) is 1. The summed E-state index contributed by atoms with van der Waals surface area (Å²) in [6, 6.07) is 0. The molecule has 1 atom stereocenters. The Labute approximate surface area is 128 Å². The summed E-state index contributed by atoms with van der Waals surface area (Å²) in [5, 5.41) is 3.18. The maximum Gasteiger partial charge on any atom is 0.162 e. The largest absolute Gasteiger partial charge is 0.372 e. The Kier molecular flexibility index (Phi) is 4.66. The van der Waals surface area contributed by atoms with Crippen molar-refractivity contribution < 1.29 is 4.74 Å². The highest BCUT2D eigenvalue weighted by Gasteiger charge is 2.34. The van der Waals surface area contributed by atoms with E-state index in [1.54, 1.807) is 0 Å². The molecule has 1 saturated carbocycles. The predicted octanol–water partition coefficient (Wildman–Crippen LogP) is 3.66. The minimum absolute atomic E-state index is 0.395. The third kappa shape index (κ3) is 3.02. The second kappa shape index (κ2) is 5.91. The minimum atomic E-state index is -0.395. The van der Waals surface area contributed by atoms with Crippen molar-refractivity contribution in [2.75, 3.05) is 19.0 Å². The molecule has 0 spiro atoms.